The number of rotatable bonds is 5. The molecule has 3 heterocycles. The summed E-state index contributed by atoms with van der Waals surface area (Å²) in [5.41, 5.74) is 0.464. The van der Waals surface area contributed by atoms with Gasteiger partial charge in [-0.25, -0.2) is 0 Å². The number of aromatic nitrogens is 2. The molecule has 1 atom stereocenters. The lowest BCUT2D eigenvalue weighted by atomic mass is 9.77. The molecular formula is C19H28N4O2S. The second kappa shape index (κ2) is 7.25. The normalized spacial score (nSPS) is 26.6. The fourth-order valence-corrected chi connectivity index (χ4v) is 5.33. The van der Waals surface area contributed by atoms with Crippen LogP contribution in [-0.2, 0) is 11.2 Å². The maximum Gasteiger partial charge on any atom is 0.267 e. The van der Waals surface area contributed by atoms with Crippen LogP contribution in [0.2, 0.25) is 0 Å². The molecule has 3 fully saturated rings. The van der Waals surface area contributed by atoms with E-state index in [0.29, 0.717) is 29.8 Å². The first-order chi connectivity index (χ1) is 12.6. The Balaban J connectivity index is 1.45. The van der Waals surface area contributed by atoms with Crippen molar-refractivity contribution in [1.29, 1.82) is 0 Å². The van der Waals surface area contributed by atoms with Gasteiger partial charge >= 0.3 is 0 Å². The zero-order valence-corrected chi connectivity index (χ0v) is 16.4. The Labute approximate surface area is 159 Å². The van der Waals surface area contributed by atoms with Crippen LogP contribution in [0.25, 0.3) is 0 Å². The third kappa shape index (κ3) is 3.15. The summed E-state index contributed by atoms with van der Waals surface area (Å²) in [6, 6.07) is 0. The topological polar surface area (TPSA) is 66.4 Å². The van der Waals surface area contributed by atoms with Crippen LogP contribution in [0, 0.1) is 11.3 Å². The van der Waals surface area contributed by atoms with Crippen molar-refractivity contribution in [3.05, 3.63) is 10.6 Å². The number of carbonyl (C=O) groups excluding carboxylic acids is 2. The van der Waals surface area contributed by atoms with Crippen LogP contribution in [0.15, 0.2) is 0 Å². The Morgan fingerprint density at radius 2 is 2.12 bits per heavy atom. The first kappa shape index (κ1) is 17.9. The average Bonchev–Trinajstić information content (AvgIpc) is 3.23. The van der Waals surface area contributed by atoms with Crippen LogP contribution < -0.4 is 0 Å². The van der Waals surface area contributed by atoms with Crippen molar-refractivity contribution < 1.29 is 9.59 Å². The largest absolute Gasteiger partial charge is 0.342 e. The second-order valence-corrected chi connectivity index (χ2v) is 8.96. The molecule has 2 saturated heterocycles. The highest BCUT2D eigenvalue weighted by Gasteiger charge is 2.50. The minimum Gasteiger partial charge on any atom is -0.342 e. The molecule has 1 spiro atoms. The maximum atomic E-state index is 13.2. The first-order valence-electron chi connectivity index (χ1n) is 10.0. The van der Waals surface area contributed by atoms with Gasteiger partial charge in [0, 0.05) is 26.2 Å². The van der Waals surface area contributed by atoms with Gasteiger partial charge in [0.05, 0.1) is 11.1 Å². The minimum absolute atomic E-state index is 0.0178. The molecule has 1 saturated carbocycles. The van der Waals surface area contributed by atoms with E-state index < -0.39 is 0 Å². The number of carbonyl (C=O) groups is 2. The predicted molar refractivity (Wildman–Crippen MR) is 100 cm³/mol. The Bertz CT molecular complexity index is 687. The molecule has 2 aliphatic heterocycles. The summed E-state index contributed by atoms with van der Waals surface area (Å²) in [7, 11) is 0. The average molecular weight is 377 g/mol. The van der Waals surface area contributed by atoms with Crippen molar-refractivity contribution in [3.63, 3.8) is 0 Å². The summed E-state index contributed by atoms with van der Waals surface area (Å²) < 4.78 is 3.98. The van der Waals surface area contributed by atoms with Gasteiger partial charge in [0.15, 0.2) is 0 Å². The van der Waals surface area contributed by atoms with Crippen LogP contribution in [0.4, 0.5) is 0 Å². The number of nitrogens with zero attached hydrogens (tertiary/aromatic N) is 4. The van der Waals surface area contributed by atoms with E-state index >= 15 is 0 Å². The van der Waals surface area contributed by atoms with E-state index in [1.165, 1.54) is 30.8 Å². The summed E-state index contributed by atoms with van der Waals surface area (Å²) in [6.45, 7) is 5.13. The van der Waals surface area contributed by atoms with Crippen LogP contribution in [-0.4, -0.2) is 57.4 Å². The highest BCUT2D eigenvalue weighted by Crippen LogP contribution is 2.41. The lowest BCUT2D eigenvalue weighted by Crippen LogP contribution is -2.52. The van der Waals surface area contributed by atoms with E-state index in [-0.39, 0.29) is 11.3 Å². The van der Waals surface area contributed by atoms with Gasteiger partial charge < -0.3 is 9.80 Å². The Morgan fingerprint density at radius 3 is 2.85 bits per heavy atom. The van der Waals surface area contributed by atoms with Crippen LogP contribution in [0.5, 0.6) is 0 Å². The minimum atomic E-state index is -0.347. The summed E-state index contributed by atoms with van der Waals surface area (Å²) >= 11 is 1.19. The molecule has 142 valence electrons. The van der Waals surface area contributed by atoms with E-state index in [1.807, 2.05) is 4.90 Å². The molecule has 0 unspecified atom stereocenters. The van der Waals surface area contributed by atoms with Gasteiger partial charge in [-0.15, -0.1) is 5.10 Å². The van der Waals surface area contributed by atoms with E-state index in [4.69, 9.17) is 0 Å². The standard InChI is InChI=1S/C19H28N4O2S/c1-2-5-15-16(26-21-20-15)17(24)23-11-9-19(13-23)8-4-10-22(18(19)25)12-14-6-3-7-14/h14H,2-13H2,1H3/t19-/m0/s1. The monoisotopic (exact) mass is 376 g/mol. The molecule has 0 radical (unpaired) electrons. The molecule has 1 aromatic rings. The maximum absolute atomic E-state index is 13.2. The van der Waals surface area contributed by atoms with Crippen molar-refractivity contribution >= 4 is 23.3 Å². The SMILES string of the molecule is CCCc1nnsc1C(=O)N1CC[C@@]2(CCCN(CC3CCC3)C2=O)C1. The zero-order valence-electron chi connectivity index (χ0n) is 15.6. The van der Waals surface area contributed by atoms with Crippen LogP contribution in [0.1, 0.15) is 67.2 Å². The lowest BCUT2D eigenvalue weighted by molar-refractivity contribution is -0.146. The second-order valence-electron chi connectivity index (χ2n) is 8.21. The third-order valence-electron chi connectivity index (χ3n) is 6.41. The summed E-state index contributed by atoms with van der Waals surface area (Å²) in [6.07, 6.45) is 8.34. The van der Waals surface area contributed by atoms with Crippen molar-refractivity contribution in [2.75, 3.05) is 26.2 Å². The number of amides is 2. The Kier molecular flexibility index (Phi) is 4.99. The Morgan fingerprint density at radius 1 is 1.27 bits per heavy atom. The molecular weight excluding hydrogens is 348 g/mol. The first-order valence-corrected chi connectivity index (χ1v) is 10.8. The smallest absolute Gasteiger partial charge is 0.267 e. The van der Waals surface area contributed by atoms with Crippen molar-refractivity contribution in [2.24, 2.45) is 11.3 Å². The predicted octanol–water partition coefficient (Wildman–Crippen LogP) is 2.75. The van der Waals surface area contributed by atoms with Crippen molar-refractivity contribution in [1.82, 2.24) is 19.4 Å². The molecule has 2 amide bonds. The van der Waals surface area contributed by atoms with Gasteiger partial charge in [0.25, 0.3) is 5.91 Å². The van der Waals surface area contributed by atoms with Gasteiger partial charge in [-0.2, -0.15) is 0 Å². The van der Waals surface area contributed by atoms with E-state index in [2.05, 4.69) is 21.4 Å². The van der Waals surface area contributed by atoms with Gasteiger partial charge in [0.1, 0.15) is 4.88 Å². The number of aryl methyl sites for hydroxylation is 1. The molecule has 0 N–H and O–H groups in total. The quantitative estimate of drug-likeness (QED) is 0.792. The van der Waals surface area contributed by atoms with Gasteiger partial charge in [-0.1, -0.05) is 24.3 Å². The molecule has 0 aromatic carbocycles. The Hall–Kier alpha value is -1.50. The number of piperidine rings is 1. The molecule has 1 aliphatic carbocycles. The highest BCUT2D eigenvalue weighted by atomic mass is 32.1. The molecule has 6 nitrogen and oxygen atoms in total. The lowest BCUT2D eigenvalue weighted by Gasteiger charge is -2.42. The van der Waals surface area contributed by atoms with E-state index in [0.717, 1.165) is 50.9 Å². The zero-order chi connectivity index (χ0) is 18.1. The fourth-order valence-electron chi connectivity index (χ4n) is 4.65. The number of likely N-dealkylation sites (tertiary alicyclic amines) is 2. The summed E-state index contributed by atoms with van der Waals surface area (Å²) in [5.74, 6) is 1.01. The molecule has 7 heteroatoms. The summed E-state index contributed by atoms with van der Waals surface area (Å²) in [4.78, 5) is 30.8. The van der Waals surface area contributed by atoms with Crippen molar-refractivity contribution in [3.8, 4) is 0 Å². The van der Waals surface area contributed by atoms with Crippen molar-refractivity contribution in [2.45, 2.75) is 58.3 Å². The molecule has 4 rings (SSSR count). The number of hydrogen-bond acceptors (Lipinski definition) is 5. The van der Waals surface area contributed by atoms with Gasteiger partial charge in [-0.05, 0) is 56.0 Å². The van der Waals surface area contributed by atoms with Gasteiger partial charge in [-0.3, -0.25) is 9.59 Å². The molecule has 26 heavy (non-hydrogen) atoms. The third-order valence-corrected chi connectivity index (χ3v) is 7.16. The van der Waals surface area contributed by atoms with Crippen LogP contribution in [0.3, 0.4) is 0 Å². The van der Waals surface area contributed by atoms with E-state index in [1.54, 1.807) is 0 Å². The number of hydrogen-bond donors (Lipinski definition) is 0. The highest BCUT2D eigenvalue weighted by molar-refractivity contribution is 7.08. The fraction of sp³-hybridized carbons (Fsp3) is 0.789. The molecule has 1 aromatic heterocycles. The summed E-state index contributed by atoms with van der Waals surface area (Å²) in [5, 5.41) is 4.12. The molecule has 3 aliphatic rings. The van der Waals surface area contributed by atoms with Crippen LogP contribution >= 0.6 is 11.5 Å². The van der Waals surface area contributed by atoms with Gasteiger partial charge in [0.2, 0.25) is 5.91 Å². The molecule has 0 bridgehead atoms. The van der Waals surface area contributed by atoms with E-state index in [9.17, 15) is 9.59 Å².